The van der Waals surface area contributed by atoms with E-state index in [4.69, 9.17) is 5.73 Å². The molecule has 1 aromatic carbocycles. The van der Waals surface area contributed by atoms with Crippen LogP contribution in [-0.2, 0) is 6.54 Å². The Hall–Kier alpha value is -1.58. The van der Waals surface area contributed by atoms with Gasteiger partial charge in [0, 0.05) is 17.8 Å². The molecule has 1 atom stereocenters. The number of hydrogen-bond acceptors (Lipinski definition) is 3. The molecule has 90 valence electrons. The van der Waals surface area contributed by atoms with Crippen LogP contribution in [0.25, 0.3) is 0 Å². The number of nitrogens with one attached hydrogen (secondary N) is 2. The number of hydrazine groups is 1. The fourth-order valence-electron chi connectivity index (χ4n) is 1.68. The van der Waals surface area contributed by atoms with Crippen molar-refractivity contribution >= 4 is 0 Å². The van der Waals surface area contributed by atoms with Crippen molar-refractivity contribution in [1.29, 1.82) is 0 Å². The van der Waals surface area contributed by atoms with Crippen molar-refractivity contribution in [2.24, 2.45) is 5.73 Å². The second-order valence-corrected chi connectivity index (χ2v) is 4.67. The zero-order chi connectivity index (χ0) is 12.1. The lowest BCUT2D eigenvalue weighted by atomic mass is 9.94. The largest absolute Gasteiger partial charge is 0.322 e. The Morgan fingerprint density at radius 1 is 1.29 bits per heavy atom. The fourth-order valence-corrected chi connectivity index (χ4v) is 1.68. The molecule has 0 heterocycles. The van der Waals surface area contributed by atoms with Crippen LogP contribution in [0.4, 0.5) is 0 Å². The van der Waals surface area contributed by atoms with Crippen molar-refractivity contribution in [1.82, 2.24) is 10.9 Å². The Kier molecular flexibility index (Phi) is 3.61. The molecule has 4 N–H and O–H groups in total. The van der Waals surface area contributed by atoms with Crippen LogP contribution in [0.5, 0.6) is 0 Å². The van der Waals surface area contributed by atoms with Crippen LogP contribution < -0.4 is 16.6 Å². The minimum absolute atomic E-state index is 0.204. The van der Waals surface area contributed by atoms with Gasteiger partial charge in [0.1, 0.15) is 0 Å². The molecule has 0 amide bonds. The highest BCUT2D eigenvalue weighted by atomic mass is 15.4. The van der Waals surface area contributed by atoms with E-state index < -0.39 is 0 Å². The quantitative estimate of drug-likeness (QED) is 0.691. The molecule has 0 saturated heterocycles. The van der Waals surface area contributed by atoms with E-state index in [-0.39, 0.29) is 5.54 Å². The average molecular weight is 229 g/mol. The summed E-state index contributed by atoms with van der Waals surface area (Å²) >= 11 is 0. The molecule has 0 radical (unpaired) electrons. The topological polar surface area (TPSA) is 50.1 Å². The number of nitrogens with two attached hydrogens (primary N) is 1. The number of rotatable bonds is 4. The smallest absolute Gasteiger partial charge is 0.0446 e. The maximum atomic E-state index is 5.98. The molecule has 0 aliphatic heterocycles. The molecule has 0 fully saturated rings. The summed E-state index contributed by atoms with van der Waals surface area (Å²) in [6.45, 7) is 2.82. The summed E-state index contributed by atoms with van der Waals surface area (Å²) in [5, 5.41) is 0. The maximum Gasteiger partial charge on any atom is 0.0446 e. The molecule has 3 heteroatoms. The van der Waals surface area contributed by atoms with Crippen molar-refractivity contribution < 1.29 is 0 Å². The van der Waals surface area contributed by atoms with Crippen LogP contribution in [-0.4, -0.2) is 5.54 Å². The lowest BCUT2D eigenvalue weighted by molar-refractivity contribution is 0.560. The third-order valence-corrected chi connectivity index (χ3v) is 2.77. The van der Waals surface area contributed by atoms with E-state index >= 15 is 0 Å². The molecule has 1 unspecified atom stereocenters. The average Bonchev–Trinajstić information content (AvgIpc) is 2.33. The first-order valence-electron chi connectivity index (χ1n) is 5.87. The second-order valence-electron chi connectivity index (χ2n) is 4.67. The number of benzene rings is 1. The van der Waals surface area contributed by atoms with Gasteiger partial charge in [-0.3, -0.25) is 0 Å². The van der Waals surface area contributed by atoms with E-state index in [1.807, 2.05) is 37.3 Å². The van der Waals surface area contributed by atoms with Gasteiger partial charge in [0.25, 0.3) is 0 Å². The summed E-state index contributed by atoms with van der Waals surface area (Å²) < 4.78 is 0. The van der Waals surface area contributed by atoms with Crippen LogP contribution >= 0.6 is 0 Å². The van der Waals surface area contributed by atoms with Gasteiger partial charge in [0.05, 0.1) is 0 Å². The summed E-state index contributed by atoms with van der Waals surface area (Å²) in [4.78, 5) is 0. The van der Waals surface area contributed by atoms with Crippen LogP contribution in [0.3, 0.4) is 0 Å². The molecule has 3 nitrogen and oxygen atoms in total. The molecule has 0 aromatic heterocycles. The summed E-state index contributed by atoms with van der Waals surface area (Å²) in [6, 6.07) is 10.3. The third kappa shape index (κ3) is 3.73. The predicted octanol–water partition coefficient (Wildman–Crippen LogP) is 1.84. The van der Waals surface area contributed by atoms with E-state index in [2.05, 4.69) is 29.1 Å². The highest BCUT2D eigenvalue weighted by Gasteiger charge is 2.15. The van der Waals surface area contributed by atoms with Gasteiger partial charge in [-0.15, -0.1) is 0 Å². The van der Waals surface area contributed by atoms with Gasteiger partial charge in [-0.1, -0.05) is 42.5 Å². The van der Waals surface area contributed by atoms with E-state index in [1.54, 1.807) is 0 Å². The van der Waals surface area contributed by atoms with E-state index in [1.165, 1.54) is 5.56 Å². The van der Waals surface area contributed by atoms with E-state index in [0.717, 1.165) is 18.7 Å². The first-order chi connectivity index (χ1) is 8.16. The fraction of sp³-hybridized carbons (Fsp3) is 0.286. The van der Waals surface area contributed by atoms with Crippen LogP contribution in [0.1, 0.15) is 18.9 Å². The number of hydrogen-bond donors (Lipinski definition) is 3. The molecular weight excluding hydrogens is 210 g/mol. The summed E-state index contributed by atoms with van der Waals surface area (Å²) in [6.07, 6.45) is 7.01. The Bertz CT molecular complexity index is 418. The van der Waals surface area contributed by atoms with Gasteiger partial charge in [-0.25, -0.2) is 5.43 Å². The molecule has 0 spiro atoms. The molecule has 1 aliphatic carbocycles. The van der Waals surface area contributed by atoms with E-state index in [9.17, 15) is 0 Å². The SMILES string of the molecule is CC1(N)C=CC(NNCc2ccccc2)=CC1. The van der Waals surface area contributed by atoms with Crippen molar-refractivity contribution in [3.05, 3.63) is 59.8 Å². The van der Waals surface area contributed by atoms with Crippen molar-refractivity contribution in [2.45, 2.75) is 25.4 Å². The standard InChI is InChI=1S/C14H19N3/c1-14(15)9-7-13(8-10-14)17-16-11-12-5-3-2-4-6-12/h2-9,16-17H,10-11,15H2,1H3. The van der Waals surface area contributed by atoms with Gasteiger partial charge in [0.2, 0.25) is 0 Å². The molecule has 0 bridgehead atoms. The maximum absolute atomic E-state index is 5.98. The Labute approximate surface area is 102 Å². The molecule has 17 heavy (non-hydrogen) atoms. The lowest BCUT2D eigenvalue weighted by Gasteiger charge is -2.23. The molecule has 1 aliphatic rings. The number of allylic oxidation sites excluding steroid dienone is 1. The summed E-state index contributed by atoms with van der Waals surface area (Å²) in [5.74, 6) is 0. The van der Waals surface area contributed by atoms with Crippen molar-refractivity contribution in [3.8, 4) is 0 Å². The summed E-state index contributed by atoms with van der Waals surface area (Å²) in [7, 11) is 0. The zero-order valence-electron chi connectivity index (χ0n) is 10.1. The van der Waals surface area contributed by atoms with Gasteiger partial charge in [-0.2, -0.15) is 0 Å². The van der Waals surface area contributed by atoms with Crippen LogP contribution in [0.15, 0.2) is 54.3 Å². The third-order valence-electron chi connectivity index (χ3n) is 2.77. The zero-order valence-corrected chi connectivity index (χ0v) is 10.1. The van der Waals surface area contributed by atoms with Gasteiger partial charge < -0.3 is 11.2 Å². The van der Waals surface area contributed by atoms with Crippen LogP contribution in [0.2, 0.25) is 0 Å². The highest BCUT2D eigenvalue weighted by Crippen LogP contribution is 2.15. The van der Waals surface area contributed by atoms with Gasteiger partial charge >= 0.3 is 0 Å². The van der Waals surface area contributed by atoms with Gasteiger partial charge in [0.15, 0.2) is 0 Å². The highest BCUT2D eigenvalue weighted by molar-refractivity contribution is 5.26. The summed E-state index contributed by atoms with van der Waals surface area (Å²) in [5.41, 5.74) is 14.5. The Morgan fingerprint density at radius 2 is 2.06 bits per heavy atom. The monoisotopic (exact) mass is 229 g/mol. The van der Waals surface area contributed by atoms with Crippen molar-refractivity contribution in [2.75, 3.05) is 0 Å². The van der Waals surface area contributed by atoms with Gasteiger partial charge in [-0.05, 0) is 25.0 Å². The van der Waals surface area contributed by atoms with Crippen molar-refractivity contribution in [3.63, 3.8) is 0 Å². The second kappa shape index (κ2) is 5.17. The minimum atomic E-state index is -0.204. The molecule has 1 aromatic rings. The normalized spacial score (nSPS) is 23.3. The van der Waals surface area contributed by atoms with Crippen LogP contribution in [0, 0.1) is 0 Å². The molecular formula is C14H19N3. The first kappa shape index (κ1) is 11.9. The predicted molar refractivity (Wildman–Crippen MR) is 70.8 cm³/mol. The molecule has 0 saturated carbocycles. The Morgan fingerprint density at radius 3 is 2.71 bits per heavy atom. The Balaban J connectivity index is 1.77. The lowest BCUT2D eigenvalue weighted by Crippen LogP contribution is -2.37. The van der Waals surface area contributed by atoms with E-state index in [0.29, 0.717) is 0 Å². The molecule has 2 rings (SSSR count). The minimum Gasteiger partial charge on any atom is -0.322 e. The first-order valence-corrected chi connectivity index (χ1v) is 5.87.